The maximum absolute atomic E-state index is 13.4. The molecule has 2 aliphatic rings. The van der Waals surface area contributed by atoms with Gasteiger partial charge in [-0.2, -0.15) is 17.5 Å². The van der Waals surface area contributed by atoms with Crippen molar-refractivity contribution in [3.8, 4) is 0 Å². The molecule has 0 saturated carbocycles. The van der Waals surface area contributed by atoms with Crippen LogP contribution in [0.2, 0.25) is 0 Å². The van der Waals surface area contributed by atoms with Crippen molar-refractivity contribution in [3.05, 3.63) is 48.0 Å². The standard InChI is InChI=1S/C19H24F3N5O2S/c20-19(21,22)30(28,29)26-11-15-4-1-2-5-18(15)27(12-16-10-23-14-24-16)17(13-26)6-9-25-7-3-8-25/h1-2,4-5,10,14,17H,3,6-9,11-13H2,(H,23,24)/t17-/m1/s1. The summed E-state index contributed by atoms with van der Waals surface area (Å²) in [4.78, 5) is 11.3. The van der Waals surface area contributed by atoms with Crippen LogP contribution < -0.4 is 4.90 Å². The van der Waals surface area contributed by atoms with Crippen molar-refractivity contribution >= 4 is 15.7 Å². The number of fused-ring (bicyclic) bond motifs is 1. The summed E-state index contributed by atoms with van der Waals surface area (Å²) in [5.41, 5.74) is -3.22. The van der Waals surface area contributed by atoms with Crippen molar-refractivity contribution in [2.24, 2.45) is 0 Å². The predicted octanol–water partition coefficient (Wildman–Crippen LogP) is 2.55. The lowest BCUT2D eigenvalue weighted by molar-refractivity contribution is -0.0492. The van der Waals surface area contributed by atoms with Gasteiger partial charge in [0.25, 0.3) is 0 Å². The first kappa shape index (κ1) is 21.1. The molecular weight excluding hydrogens is 419 g/mol. The molecule has 3 heterocycles. The summed E-state index contributed by atoms with van der Waals surface area (Å²) < 4.78 is 65.3. The Morgan fingerprint density at radius 1 is 1.20 bits per heavy atom. The third kappa shape index (κ3) is 4.19. The molecule has 0 unspecified atom stereocenters. The molecular formula is C19H24F3N5O2S. The lowest BCUT2D eigenvalue weighted by Gasteiger charge is -2.37. The average molecular weight is 443 g/mol. The monoisotopic (exact) mass is 443 g/mol. The van der Waals surface area contributed by atoms with Crippen LogP contribution in [0.25, 0.3) is 0 Å². The van der Waals surface area contributed by atoms with Gasteiger partial charge >= 0.3 is 15.5 Å². The van der Waals surface area contributed by atoms with Gasteiger partial charge in [-0.3, -0.25) is 0 Å². The molecule has 11 heteroatoms. The van der Waals surface area contributed by atoms with E-state index in [1.165, 1.54) is 0 Å². The normalized spacial score (nSPS) is 21.2. The summed E-state index contributed by atoms with van der Waals surface area (Å²) >= 11 is 0. The highest BCUT2D eigenvalue weighted by Gasteiger charge is 2.51. The van der Waals surface area contributed by atoms with E-state index in [0.29, 0.717) is 29.4 Å². The highest BCUT2D eigenvalue weighted by atomic mass is 32.2. The number of aromatic amines is 1. The van der Waals surface area contributed by atoms with Gasteiger partial charge in [0.05, 0.1) is 18.6 Å². The molecule has 4 rings (SSSR count). The van der Waals surface area contributed by atoms with Crippen LogP contribution in [-0.2, 0) is 23.1 Å². The van der Waals surface area contributed by atoms with E-state index in [9.17, 15) is 21.6 Å². The number of hydrogen-bond acceptors (Lipinski definition) is 5. The largest absolute Gasteiger partial charge is 0.511 e. The topological polar surface area (TPSA) is 72.5 Å². The fourth-order valence-electron chi connectivity index (χ4n) is 3.99. The van der Waals surface area contributed by atoms with Crippen molar-refractivity contribution in [2.75, 3.05) is 31.1 Å². The first-order chi connectivity index (χ1) is 14.3. The van der Waals surface area contributed by atoms with Gasteiger partial charge in [-0.15, -0.1) is 0 Å². The summed E-state index contributed by atoms with van der Waals surface area (Å²) in [5.74, 6) is 0. The van der Waals surface area contributed by atoms with Crippen molar-refractivity contribution in [1.82, 2.24) is 19.2 Å². The number of imidazole rings is 1. The fraction of sp³-hybridized carbons (Fsp3) is 0.526. The molecule has 2 aliphatic heterocycles. The minimum atomic E-state index is -5.44. The van der Waals surface area contributed by atoms with Gasteiger partial charge in [-0.1, -0.05) is 18.2 Å². The van der Waals surface area contributed by atoms with Gasteiger partial charge < -0.3 is 14.8 Å². The second-order valence-corrected chi connectivity index (χ2v) is 9.64. The summed E-state index contributed by atoms with van der Waals surface area (Å²) in [6.45, 7) is 2.52. The Bertz CT molecular complexity index is 961. The number of sulfonamides is 1. The molecule has 2 aromatic rings. The third-order valence-electron chi connectivity index (χ3n) is 5.76. The molecule has 1 N–H and O–H groups in total. The lowest BCUT2D eigenvalue weighted by Crippen LogP contribution is -2.48. The SMILES string of the molecule is O=S(=O)(N1Cc2ccccc2N(Cc2cnc[nH]2)[C@H](CCN2CCC2)C1)C(F)(F)F. The van der Waals surface area contributed by atoms with E-state index in [0.717, 1.165) is 30.9 Å². The number of aromatic nitrogens is 2. The molecule has 1 atom stereocenters. The van der Waals surface area contributed by atoms with Gasteiger partial charge in [0, 0.05) is 37.6 Å². The molecule has 0 aliphatic carbocycles. The van der Waals surface area contributed by atoms with Crippen molar-refractivity contribution in [1.29, 1.82) is 0 Å². The van der Waals surface area contributed by atoms with Gasteiger partial charge in [-0.25, -0.2) is 13.4 Å². The number of benzene rings is 1. The van der Waals surface area contributed by atoms with Crippen LogP contribution in [-0.4, -0.2) is 65.3 Å². The summed E-state index contributed by atoms with van der Waals surface area (Å²) in [6, 6.07) is 6.65. The fourth-order valence-corrected chi connectivity index (χ4v) is 4.96. The number of nitrogens with zero attached hydrogens (tertiary/aromatic N) is 4. The molecule has 0 radical (unpaired) electrons. The molecule has 164 valence electrons. The van der Waals surface area contributed by atoms with Crippen molar-refractivity contribution in [2.45, 2.75) is 37.5 Å². The summed E-state index contributed by atoms with van der Waals surface area (Å²) in [5, 5.41) is 0. The zero-order chi connectivity index (χ0) is 21.4. The van der Waals surface area contributed by atoms with Crippen LogP contribution in [0.3, 0.4) is 0 Å². The number of alkyl halides is 3. The Labute approximate surface area is 173 Å². The van der Waals surface area contributed by atoms with Gasteiger partial charge in [0.15, 0.2) is 0 Å². The van der Waals surface area contributed by atoms with E-state index >= 15 is 0 Å². The van der Waals surface area contributed by atoms with E-state index < -0.39 is 21.6 Å². The number of hydrogen-bond donors (Lipinski definition) is 1. The van der Waals surface area contributed by atoms with Crippen molar-refractivity contribution < 1.29 is 21.6 Å². The molecule has 1 fully saturated rings. The van der Waals surface area contributed by atoms with E-state index in [-0.39, 0.29) is 13.1 Å². The van der Waals surface area contributed by atoms with Crippen LogP contribution in [0.1, 0.15) is 24.1 Å². The van der Waals surface area contributed by atoms with Crippen LogP contribution in [0.4, 0.5) is 18.9 Å². The van der Waals surface area contributed by atoms with Gasteiger partial charge in [0.2, 0.25) is 0 Å². The number of likely N-dealkylation sites (tertiary alicyclic amines) is 1. The van der Waals surface area contributed by atoms with E-state index in [4.69, 9.17) is 0 Å². The first-order valence-electron chi connectivity index (χ1n) is 9.86. The zero-order valence-corrected chi connectivity index (χ0v) is 17.2. The number of H-pyrrole nitrogens is 1. The second kappa shape index (κ2) is 8.20. The number of nitrogens with one attached hydrogen (secondary N) is 1. The summed E-state index contributed by atoms with van der Waals surface area (Å²) in [7, 11) is -5.44. The average Bonchev–Trinajstić information content (AvgIpc) is 3.10. The van der Waals surface area contributed by atoms with E-state index in [1.54, 1.807) is 24.7 Å². The number of rotatable bonds is 6. The maximum Gasteiger partial charge on any atom is 0.511 e. The first-order valence-corrected chi connectivity index (χ1v) is 11.3. The molecule has 30 heavy (non-hydrogen) atoms. The molecule has 0 amide bonds. The Balaban J connectivity index is 1.71. The molecule has 0 bridgehead atoms. The molecule has 1 aromatic heterocycles. The second-order valence-electron chi connectivity index (χ2n) is 7.71. The smallest absolute Gasteiger partial charge is 0.361 e. The van der Waals surface area contributed by atoms with Gasteiger partial charge in [0.1, 0.15) is 0 Å². The number of para-hydroxylation sites is 1. The Hall–Kier alpha value is -2.11. The maximum atomic E-state index is 13.4. The number of anilines is 1. The Morgan fingerprint density at radius 3 is 2.60 bits per heavy atom. The van der Waals surface area contributed by atoms with Crippen LogP contribution in [0.5, 0.6) is 0 Å². The molecule has 1 aromatic carbocycles. The van der Waals surface area contributed by atoms with Crippen molar-refractivity contribution in [3.63, 3.8) is 0 Å². The number of halogens is 3. The Morgan fingerprint density at radius 2 is 1.97 bits per heavy atom. The quantitative estimate of drug-likeness (QED) is 0.743. The minimum Gasteiger partial charge on any atom is -0.361 e. The summed E-state index contributed by atoms with van der Waals surface area (Å²) in [6.07, 6.45) is 4.89. The molecule has 7 nitrogen and oxygen atoms in total. The Kier molecular flexibility index (Phi) is 5.78. The zero-order valence-electron chi connectivity index (χ0n) is 16.3. The van der Waals surface area contributed by atoms with E-state index in [2.05, 4.69) is 14.9 Å². The highest BCUT2D eigenvalue weighted by molar-refractivity contribution is 7.89. The lowest BCUT2D eigenvalue weighted by atomic mass is 10.1. The molecule has 0 spiro atoms. The van der Waals surface area contributed by atoms with Crippen LogP contribution in [0.15, 0.2) is 36.8 Å². The van der Waals surface area contributed by atoms with Crippen LogP contribution in [0, 0.1) is 0 Å². The van der Waals surface area contributed by atoms with Crippen LogP contribution >= 0.6 is 0 Å². The minimum absolute atomic E-state index is 0.224. The molecule has 1 saturated heterocycles. The third-order valence-corrected chi connectivity index (χ3v) is 7.30. The van der Waals surface area contributed by atoms with Gasteiger partial charge in [-0.05, 0) is 37.6 Å². The highest BCUT2D eigenvalue weighted by Crippen LogP contribution is 2.35. The van der Waals surface area contributed by atoms with E-state index in [1.807, 2.05) is 17.0 Å². The predicted molar refractivity (Wildman–Crippen MR) is 106 cm³/mol.